The van der Waals surface area contributed by atoms with Crippen LogP contribution >= 0.6 is 0 Å². The van der Waals surface area contributed by atoms with Crippen molar-refractivity contribution in [2.45, 2.75) is 31.9 Å². The maximum absolute atomic E-state index is 13.2. The van der Waals surface area contributed by atoms with Crippen molar-refractivity contribution >= 4 is 23.0 Å². The lowest BCUT2D eigenvalue weighted by Gasteiger charge is -2.31. The summed E-state index contributed by atoms with van der Waals surface area (Å²) in [5, 5.41) is 0. The first kappa shape index (κ1) is 25.6. The van der Waals surface area contributed by atoms with E-state index in [1.54, 1.807) is 11.8 Å². The highest BCUT2D eigenvalue weighted by Gasteiger charge is 2.57. The second-order valence-electron chi connectivity index (χ2n) is 10.7. The van der Waals surface area contributed by atoms with Gasteiger partial charge < -0.3 is 19.1 Å². The molecular weight excluding hydrogens is 513 g/mol. The lowest BCUT2D eigenvalue weighted by Crippen LogP contribution is -2.36. The lowest BCUT2D eigenvalue weighted by molar-refractivity contribution is -0.141. The summed E-state index contributed by atoms with van der Waals surface area (Å²) in [7, 11) is 1.95. The fraction of sp³-hybridized carbons (Fsp3) is 0.519. The van der Waals surface area contributed by atoms with E-state index >= 15 is 0 Å². The van der Waals surface area contributed by atoms with Gasteiger partial charge in [-0.2, -0.15) is 13.2 Å². The maximum Gasteiger partial charge on any atom is 0.433 e. The first-order chi connectivity index (χ1) is 18.6. The average molecular weight is 543 g/mol. The van der Waals surface area contributed by atoms with Crippen LogP contribution in [0.2, 0.25) is 0 Å². The van der Waals surface area contributed by atoms with Crippen molar-refractivity contribution in [2.24, 2.45) is 24.8 Å². The molecule has 206 valence electrons. The number of alkyl halides is 3. The third-order valence-corrected chi connectivity index (χ3v) is 8.44. The fourth-order valence-corrected chi connectivity index (χ4v) is 6.16. The number of fused-ring (bicyclic) bond motifs is 2. The van der Waals surface area contributed by atoms with Crippen LogP contribution in [0.3, 0.4) is 0 Å². The minimum absolute atomic E-state index is 0.0436. The molecule has 0 aromatic carbocycles. The van der Waals surface area contributed by atoms with Gasteiger partial charge in [-0.25, -0.2) is 15.0 Å². The van der Waals surface area contributed by atoms with Crippen LogP contribution in [0.4, 0.5) is 13.2 Å². The SMILES string of the molecule is CC(=O)N1CCC(c2cc3nc(C(=O)N4C[C@@H]5[C@H](COc6cccc(C(F)(F)F)n6)[C@@H]5C4)cnc3n2C)CC1. The molecule has 0 bridgehead atoms. The lowest BCUT2D eigenvalue weighted by atomic mass is 9.93. The fourth-order valence-electron chi connectivity index (χ4n) is 6.16. The highest BCUT2D eigenvalue weighted by molar-refractivity contribution is 5.94. The molecule has 2 amide bonds. The predicted molar refractivity (Wildman–Crippen MR) is 134 cm³/mol. The van der Waals surface area contributed by atoms with Gasteiger partial charge in [-0.1, -0.05) is 6.07 Å². The van der Waals surface area contributed by atoms with Gasteiger partial charge in [0, 0.05) is 63.7 Å². The van der Waals surface area contributed by atoms with Crippen LogP contribution in [0.5, 0.6) is 5.88 Å². The third kappa shape index (κ3) is 4.80. The standard InChI is InChI=1S/C27H29F3N6O3/c1-15(37)35-8-6-16(7-9-35)22-10-20-25(34(22)2)31-11-21(32-20)26(38)36-12-17-18(13-36)19(17)14-39-24-5-3-4-23(33-24)27(28,29)30/h3-5,10-11,16-19H,6-9,12-14H2,1-2H3/t17-,18+,19-. The number of rotatable bonds is 5. The van der Waals surface area contributed by atoms with Crippen LogP contribution in [0, 0.1) is 17.8 Å². The van der Waals surface area contributed by atoms with Gasteiger partial charge in [-0.05, 0) is 36.8 Å². The Morgan fingerprint density at radius 3 is 2.46 bits per heavy atom. The second kappa shape index (κ2) is 9.49. The topological polar surface area (TPSA) is 93.5 Å². The second-order valence-corrected chi connectivity index (χ2v) is 10.7. The Hall–Kier alpha value is -3.70. The molecule has 12 heteroatoms. The third-order valence-electron chi connectivity index (χ3n) is 8.44. The summed E-state index contributed by atoms with van der Waals surface area (Å²) >= 11 is 0. The number of pyridine rings is 1. The van der Waals surface area contributed by atoms with E-state index in [1.807, 2.05) is 22.6 Å². The van der Waals surface area contributed by atoms with Gasteiger partial charge in [0.15, 0.2) is 5.65 Å². The molecule has 2 saturated heterocycles. The molecule has 9 nitrogen and oxygen atoms in total. The van der Waals surface area contributed by atoms with Crippen molar-refractivity contribution in [2.75, 3.05) is 32.8 Å². The van der Waals surface area contributed by atoms with E-state index in [0.29, 0.717) is 30.2 Å². The van der Waals surface area contributed by atoms with Crippen molar-refractivity contribution in [3.8, 4) is 5.88 Å². The molecule has 2 aliphatic heterocycles. The number of carbonyl (C=O) groups excluding carboxylic acids is 2. The Kier molecular flexibility index (Phi) is 6.22. The van der Waals surface area contributed by atoms with E-state index < -0.39 is 11.9 Å². The number of hydrogen-bond acceptors (Lipinski definition) is 6. The summed E-state index contributed by atoms with van der Waals surface area (Å²) in [5.41, 5.74) is 1.83. The number of aromatic nitrogens is 4. The summed E-state index contributed by atoms with van der Waals surface area (Å²) in [4.78, 5) is 41.2. The first-order valence-electron chi connectivity index (χ1n) is 13.1. The largest absolute Gasteiger partial charge is 0.477 e. The Balaban J connectivity index is 1.06. The predicted octanol–water partition coefficient (Wildman–Crippen LogP) is 3.51. The summed E-state index contributed by atoms with van der Waals surface area (Å²) in [6.45, 7) is 4.44. The quantitative estimate of drug-likeness (QED) is 0.490. The summed E-state index contributed by atoms with van der Waals surface area (Å²) in [6.07, 6.45) is -1.24. The number of carbonyl (C=O) groups is 2. The molecule has 0 unspecified atom stereocenters. The van der Waals surface area contributed by atoms with Crippen molar-refractivity contribution in [3.05, 3.63) is 47.5 Å². The molecule has 0 radical (unpaired) electrons. The monoisotopic (exact) mass is 542 g/mol. The Labute approximate surface area is 223 Å². The first-order valence-corrected chi connectivity index (χ1v) is 13.1. The number of aryl methyl sites for hydroxylation is 1. The number of piperidine rings is 2. The molecule has 39 heavy (non-hydrogen) atoms. The Bertz CT molecular complexity index is 1420. The van der Waals surface area contributed by atoms with Crippen molar-refractivity contribution in [3.63, 3.8) is 0 Å². The molecule has 0 spiro atoms. The molecule has 3 aromatic heterocycles. The van der Waals surface area contributed by atoms with E-state index in [2.05, 4.69) is 15.0 Å². The molecule has 6 rings (SSSR count). The molecule has 1 saturated carbocycles. The van der Waals surface area contributed by atoms with Crippen LogP contribution in [0.1, 0.15) is 47.6 Å². The summed E-state index contributed by atoms with van der Waals surface area (Å²) in [6, 6.07) is 5.62. The van der Waals surface area contributed by atoms with Gasteiger partial charge in [-0.15, -0.1) is 0 Å². The molecule has 1 aliphatic carbocycles. The molecule has 5 heterocycles. The number of likely N-dealkylation sites (tertiary alicyclic amines) is 2. The molecule has 3 aromatic rings. The molecule has 3 atom stereocenters. The number of hydrogen-bond donors (Lipinski definition) is 0. The molecule has 0 N–H and O–H groups in total. The molecule has 3 fully saturated rings. The molecule has 3 aliphatic rings. The average Bonchev–Trinajstić information content (AvgIpc) is 3.21. The number of ether oxygens (including phenoxy) is 1. The van der Waals surface area contributed by atoms with Crippen LogP contribution < -0.4 is 4.74 Å². The van der Waals surface area contributed by atoms with Crippen LogP contribution in [-0.2, 0) is 18.0 Å². The highest BCUT2D eigenvalue weighted by atomic mass is 19.4. The zero-order valence-electron chi connectivity index (χ0n) is 21.7. The van der Waals surface area contributed by atoms with Crippen LogP contribution in [0.15, 0.2) is 30.5 Å². The van der Waals surface area contributed by atoms with Crippen LogP contribution in [0.25, 0.3) is 11.2 Å². The minimum atomic E-state index is -4.52. The molecular formula is C27H29F3N6O3. The van der Waals surface area contributed by atoms with Gasteiger partial charge in [0.2, 0.25) is 11.8 Å². The van der Waals surface area contributed by atoms with E-state index in [9.17, 15) is 22.8 Å². The highest BCUT2D eigenvalue weighted by Crippen LogP contribution is 2.52. The zero-order valence-corrected chi connectivity index (χ0v) is 21.7. The number of nitrogens with zero attached hydrogens (tertiary/aromatic N) is 6. The van der Waals surface area contributed by atoms with E-state index in [-0.39, 0.29) is 42.1 Å². The van der Waals surface area contributed by atoms with Gasteiger partial charge in [-0.3, -0.25) is 9.59 Å². The van der Waals surface area contributed by atoms with E-state index in [1.165, 1.54) is 18.3 Å². The van der Waals surface area contributed by atoms with Crippen molar-refractivity contribution < 1.29 is 27.5 Å². The Morgan fingerprint density at radius 1 is 1.08 bits per heavy atom. The smallest absolute Gasteiger partial charge is 0.433 e. The number of halogens is 3. The summed E-state index contributed by atoms with van der Waals surface area (Å²) < 4.78 is 46.2. The normalized spacial score (nSPS) is 23.3. The van der Waals surface area contributed by atoms with Crippen molar-refractivity contribution in [1.29, 1.82) is 0 Å². The number of amides is 2. The zero-order chi connectivity index (χ0) is 27.5. The van der Waals surface area contributed by atoms with Gasteiger partial charge >= 0.3 is 6.18 Å². The van der Waals surface area contributed by atoms with E-state index in [0.717, 1.165) is 43.3 Å². The maximum atomic E-state index is 13.2. The van der Waals surface area contributed by atoms with Gasteiger partial charge in [0.05, 0.1) is 12.8 Å². The Morgan fingerprint density at radius 2 is 1.79 bits per heavy atom. The van der Waals surface area contributed by atoms with Crippen molar-refractivity contribution in [1.82, 2.24) is 29.3 Å². The van der Waals surface area contributed by atoms with Gasteiger partial charge in [0.25, 0.3) is 5.91 Å². The van der Waals surface area contributed by atoms with Crippen LogP contribution in [-0.4, -0.2) is 73.9 Å². The van der Waals surface area contributed by atoms with Gasteiger partial charge in [0.1, 0.15) is 16.9 Å². The minimum Gasteiger partial charge on any atom is -0.477 e. The van der Waals surface area contributed by atoms with E-state index in [4.69, 9.17) is 4.74 Å². The summed E-state index contributed by atoms with van der Waals surface area (Å²) in [5.74, 6) is 0.875.